The zero-order valence-electron chi connectivity index (χ0n) is 10.1. The molecule has 1 heterocycles. The predicted molar refractivity (Wildman–Crippen MR) is 70.0 cm³/mol. The van der Waals surface area contributed by atoms with E-state index in [0.29, 0.717) is 0 Å². The van der Waals surface area contributed by atoms with E-state index >= 15 is 0 Å². The third-order valence-corrected chi connectivity index (χ3v) is 3.08. The Bertz CT molecular complexity index is 539. The SMILES string of the molecule is CCCn1ccnc1C(N)c1ccc(F)c(Cl)c1. The third kappa shape index (κ3) is 2.54. The van der Waals surface area contributed by atoms with Gasteiger partial charge in [0.05, 0.1) is 11.1 Å². The van der Waals surface area contributed by atoms with Gasteiger partial charge in [0.2, 0.25) is 0 Å². The maximum absolute atomic E-state index is 13.1. The van der Waals surface area contributed by atoms with Crippen LogP contribution in [0.1, 0.15) is 30.8 Å². The van der Waals surface area contributed by atoms with E-state index in [-0.39, 0.29) is 5.02 Å². The van der Waals surface area contributed by atoms with Crippen molar-refractivity contribution >= 4 is 11.6 Å². The molecule has 1 unspecified atom stereocenters. The van der Waals surface area contributed by atoms with Crippen molar-refractivity contribution in [3.8, 4) is 0 Å². The molecule has 0 saturated heterocycles. The molecule has 1 aromatic heterocycles. The van der Waals surface area contributed by atoms with Crippen LogP contribution in [0.25, 0.3) is 0 Å². The van der Waals surface area contributed by atoms with E-state index in [9.17, 15) is 4.39 Å². The number of benzene rings is 1. The average molecular weight is 268 g/mol. The summed E-state index contributed by atoms with van der Waals surface area (Å²) in [5.41, 5.74) is 6.90. The summed E-state index contributed by atoms with van der Waals surface area (Å²) in [6.07, 6.45) is 4.61. The van der Waals surface area contributed by atoms with Crippen molar-refractivity contribution in [3.63, 3.8) is 0 Å². The first-order chi connectivity index (χ1) is 8.63. The van der Waals surface area contributed by atoms with Crippen molar-refractivity contribution in [2.45, 2.75) is 25.9 Å². The van der Waals surface area contributed by atoms with Crippen molar-refractivity contribution in [2.75, 3.05) is 0 Å². The Labute approximate surface area is 110 Å². The van der Waals surface area contributed by atoms with Gasteiger partial charge < -0.3 is 10.3 Å². The molecule has 0 amide bonds. The van der Waals surface area contributed by atoms with Gasteiger partial charge in [0.1, 0.15) is 11.6 Å². The van der Waals surface area contributed by atoms with Crippen LogP contribution in [0.4, 0.5) is 4.39 Å². The molecule has 0 aliphatic heterocycles. The standard InChI is InChI=1S/C13H15ClFN3/c1-2-6-18-7-5-17-13(18)12(16)9-3-4-11(15)10(14)8-9/h3-5,7-8,12H,2,6,16H2,1H3. The molecule has 0 saturated carbocycles. The van der Waals surface area contributed by atoms with E-state index in [1.54, 1.807) is 18.3 Å². The summed E-state index contributed by atoms with van der Waals surface area (Å²) in [6, 6.07) is 4.11. The zero-order valence-corrected chi connectivity index (χ0v) is 10.9. The lowest BCUT2D eigenvalue weighted by atomic mass is 10.1. The van der Waals surface area contributed by atoms with Gasteiger partial charge in [-0.25, -0.2) is 9.37 Å². The molecule has 2 rings (SSSR count). The van der Waals surface area contributed by atoms with Gasteiger partial charge >= 0.3 is 0 Å². The van der Waals surface area contributed by atoms with Gasteiger partial charge in [-0.3, -0.25) is 0 Å². The highest BCUT2D eigenvalue weighted by Gasteiger charge is 2.15. The molecule has 0 aliphatic rings. The number of aryl methyl sites for hydroxylation is 1. The third-order valence-electron chi connectivity index (χ3n) is 2.79. The molecule has 0 fully saturated rings. The van der Waals surface area contributed by atoms with Crippen LogP contribution in [-0.2, 0) is 6.54 Å². The monoisotopic (exact) mass is 267 g/mol. The van der Waals surface area contributed by atoms with E-state index < -0.39 is 11.9 Å². The summed E-state index contributed by atoms with van der Waals surface area (Å²) in [5, 5.41) is 0.0801. The zero-order chi connectivity index (χ0) is 13.1. The van der Waals surface area contributed by atoms with Gasteiger partial charge in [-0.15, -0.1) is 0 Å². The van der Waals surface area contributed by atoms with Crippen molar-refractivity contribution in [1.29, 1.82) is 0 Å². The van der Waals surface area contributed by atoms with E-state index in [1.165, 1.54) is 6.07 Å². The molecule has 0 spiro atoms. The second-order valence-electron chi connectivity index (χ2n) is 4.13. The molecule has 1 atom stereocenters. The molecule has 0 aliphatic carbocycles. The number of aromatic nitrogens is 2. The fraction of sp³-hybridized carbons (Fsp3) is 0.308. The number of hydrogen-bond donors (Lipinski definition) is 1. The highest BCUT2D eigenvalue weighted by molar-refractivity contribution is 6.30. The highest BCUT2D eigenvalue weighted by Crippen LogP contribution is 2.23. The smallest absolute Gasteiger partial charge is 0.141 e. The summed E-state index contributed by atoms with van der Waals surface area (Å²) in [5.74, 6) is 0.323. The number of rotatable bonds is 4. The second kappa shape index (κ2) is 5.50. The first kappa shape index (κ1) is 13.1. The molecule has 2 N–H and O–H groups in total. The molecule has 1 aromatic carbocycles. The number of imidazole rings is 1. The van der Waals surface area contributed by atoms with Crippen LogP contribution in [0, 0.1) is 5.82 Å². The van der Waals surface area contributed by atoms with Gasteiger partial charge in [-0.1, -0.05) is 24.6 Å². The molecule has 3 nitrogen and oxygen atoms in total. The Kier molecular flexibility index (Phi) is 3.99. The Morgan fingerprint density at radius 1 is 1.50 bits per heavy atom. The molecular weight excluding hydrogens is 253 g/mol. The minimum atomic E-state index is -0.440. The summed E-state index contributed by atoms with van der Waals surface area (Å²) >= 11 is 5.76. The van der Waals surface area contributed by atoms with Gasteiger partial charge in [-0.2, -0.15) is 0 Å². The number of nitrogens with two attached hydrogens (primary N) is 1. The van der Waals surface area contributed by atoms with Crippen LogP contribution >= 0.6 is 11.6 Å². The molecule has 18 heavy (non-hydrogen) atoms. The fourth-order valence-electron chi connectivity index (χ4n) is 1.88. The Balaban J connectivity index is 2.32. The van der Waals surface area contributed by atoms with Crippen LogP contribution in [-0.4, -0.2) is 9.55 Å². The van der Waals surface area contributed by atoms with Crippen LogP contribution < -0.4 is 5.73 Å². The lowest BCUT2D eigenvalue weighted by Crippen LogP contribution is -2.18. The van der Waals surface area contributed by atoms with E-state index in [4.69, 9.17) is 17.3 Å². The molecule has 2 aromatic rings. The maximum atomic E-state index is 13.1. The summed E-state index contributed by atoms with van der Waals surface area (Å²) in [6.45, 7) is 2.95. The van der Waals surface area contributed by atoms with Crippen LogP contribution in [0.3, 0.4) is 0 Å². The van der Waals surface area contributed by atoms with Gasteiger partial charge in [0, 0.05) is 18.9 Å². The average Bonchev–Trinajstić information content (AvgIpc) is 2.80. The normalized spacial score (nSPS) is 12.7. The Morgan fingerprint density at radius 3 is 2.94 bits per heavy atom. The fourth-order valence-corrected chi connectivity index (χ4v) is 2.07. The van der Waals surface area contributed by atoms with Gasteiger partial charge in [0.15, 0.2) is 0 Å². The molecule has 5 heteroatoms. The number of hydrogen-bond acceptors (Lipinski definition) is 2. The Morgan fingerprint density at radius 2 is 2.28 bits per heavy atom. The maximum Gasteiger partial charge on any atom is 0.141 e. The molecule has 0 bridgehead atoms. The van der Waals surface area contributed by atoms with Crippen molar-refractivity contribution < 1.29 is 4.39 Å². The quantitative estimate of drug-likeness (QED) is 0.925. The topological polar surface area (TPSA) is 43.8 Å². The van der Waals surface area contributed by atoms with Crippen molar-refractivity contribution in [2.24, 2.45) is 5.73 Å². The summed E-state index contributed by atoms with van der Waals surface area (Å²) in [7, 11) is 0. The first-order valence-electron chi connectivity index (χ1n) is 5.85. The first-order valence-corrected chi connectivity index (χ1v) is 6.22. The minimum Gasteiger partial charge on any atom is -0.333 e. The van der Waals surface area contributed by atoms with Gasteiger partial charge in [0.25, 0.3) is 0 Å². The highest BCUT2D eigenvalue weighted by atomic mass is 35.5. The molecular formula is C13H15ClFN3. The minimum absolute atomic E-state index is 0.0801. The van der Waals surface area contributed by atoms with E-state index in [2.05, 4.69) is 11.9 Å². The van der Waals surface area contributed by atoms with Crippen LogP contribution in [0.5, 0.6) is 0 Å². The van der Waals surface area contributed by atoms with E-state index in [0.717, 1.165) is 24.4 Å². The lowest BCUT2D eigenvalue weighted by Gasteiger charge is -2.14. The largest absolute Gasteiger partial charge is 0.333 e. The number of halogens is 2. The molecule has 0 radical (unpaired) electrons. The summed E-state index contributed by atoms with van der Waals surface area (Å²) in [4.78, 5) is 4.26. The van der Waals surface area contributed by atoms with E-state index in [1.807, 2.05) is 10.8 Å². The lowest BCUT2D eigenvalue weighted by molar-refractivity contribution is 0.608. The van der Waals surface area contributed by atoms with Gasteiger partial charge in [-0.05, 0) is 24.1 Å². The number of nitrogens with zero attached hydrogens (tertiary/aromatic N) is 2. The van der Waals surface area contributed by atoms with Crippen molar-refractivity contribution in [1.82, 2.24) is 9.55 Å². The van der Waals surface area contributed by atoms with Crippen molar-refractivity contribution in [3.05, 3.63) is 52.8 Å². The van der Waals surface area contributed by atoms with Crippen LogP contribution in [0.2, 0.25) is 5.02 Å². The summed E-state index contributed by atoms with van der Waals surface area (Å²) < 4.78 is 15.1. The predicted octanol–water partition coefficient (Wildman–Crippen LogP) is 3.13. The molecule has 96 valence electrons. The second-order valence-corrected chi connectivity index (χ2v) is 4.54. The van der Waals surface area contributed by atoms with Crippen LogP contribution in [0.15, 0.2) is 30.6 Å². The Hall–Kier alpha value is -1.39.